The molecule has 0 saturated heterocycles. The zero-order valence-electron chi connectivity index (χ0n) is 20.2. The molecule has 0 radical (unpaired) electrons. The van der Waals surface area contributed by atoms with E-state index in [1.807, 2.05) is 73.1 Å². The number of thioether (sulfide) groups is 1. The van der Waals surface area contributed by atoms with E-state index in [0.717, 1.165) is 22.6 Å². The molecule has 1 amide bonds. The molecule has 4 aromatic rings. The molecule has 0 bridgehead atoms. The topological polar surface area (TPSA) is 82.6 Å². The van der Waals surface area contributed by atoms with E-state index in [4.69, 9.17) is 13.9 Å². The fourth-order valence-corrected chi connectivity index (χ4v) is 4.55. The van der Waals surface area contributed by atoms with Crippen LogP contribution in [0, 0.1) is 6.92 Å². The minimum Gasteiger partial charge on any atom is -0.493 e. The Balaban J connectivity index is 1.44. The number of aryl methyl sites for hydroxylation is 1. The van der Waals surface area contributed by atoms with Crippen LogP contribution in [0.1, 0.15) is 11.3 Å². The summed E-state index contributed by atoms with van der Waals surface area (Å²) in [7, 11) is 5.04. The number of ether oxygens (including phenoxy) is 2. The Morgan fingerprint density at radius 3 is 2.51 bits per heavy atom. The summed E-state index contributed by atoms with van der Waals surface area (Å²) < 4.78 is 18.1. The lowest BCUT2D eigenvalue weighted by atomic mass is 10.1. The van der Waals surface area contributed by atoms with Crippen LogP contribution in [-0.4, -0.2) is 59.1 Å². The summed E-state index contributed by atoms with van der Waals surface area (Å²) in [5, 5.41) is 9.44. The molecule has 0 saturated carbocycles. The summed E-state index contributed by atoms with van der Waals surface area (Å²) in [6.07, 6.45) is 2.34. The van der Waals surface area contributed by atoms with Gasteiger partial charge in [0.15, 0.2) is 22.5 Å². The third-order valence-corrected chi connectivity index (χ3v) is 6.60. The van der Waals surface area contributed by atoms with Crippen molar-refractivity contribution in [1.29, 1.82) is 0 Å². The second-order valence-corrected chi connectivity index (χ2v) is 8.85. The van der Waals surface area contributed by atoms with Crippen LogP contribution in [0.3, 0.4) is 0 Å². The smallest absolute Gasteiger partial charge is 0.232 e. The monoisotopic (exact) mass is 492 g/mol. The average molecular weight is 493 g/mol. The van der Waals surface area contributed by atoms with Crippen LogP contribution in [0.25, 0.3) is 17.1 Å². The average Bonchev–Trinajstić information content (AvgIpc) is 3.51. The summed E-state index contributed by atoms with van der Waals surface area (Å²) in [5.41, 5.74) is 2.86. The Hall–Kier alpha value is -3.72. The van der Waals surface area contributed by atoms with Crippen molar-refractivity contribution in [1.82, 2.24) is 19.7 Å². The second-order valence-electron chi connectivity index (χ2n) is 7.91. The van der Waals surface area contributed by atoms with Crippen molar-refractivity contribution in [3.05, 3.63) is 72.2 Å². The fourth-order valence-electron chi connectivity index (χ4n) is 3.66. The molecule has 2 aromatic carbocycles. The molecule has 0 aliphatic rings. The predicted octanol–water partition coefficient (Wildman–Crippen LogP) is 4.65. The van der Waals surface area contributed by atoms with Crippen LogP contribution in [-0.2, 0) is 11.2 Å². The van der Waals surface area contributed by atoms with Gasteiger partial charge in [-0.25, -0.2) is 0 Å². The number of rotatable bonds is 10. The van der Waals surface area contributed by atoms with Crippen molar-refractivity contribution in [3.63, 3.8) is 0 Å². The number of nitrogens with zero attached hydrogens (tertiary/aromatic N) is 4. The molecule has 9 heteroatoms. The van der Waals surface area contributed by atoms with E-state index < -0.39 is 0 Å². The Bertz CT molecular complexity index is 1290. The van der Waals surface area contributed by atoms with Gasteiger partial charge in [-0.05, 0) is 49.2 Å². The van der Waals surface area contributed by atoms with Crippen molar-refractivity contribution in [2.24, 2.45) is 0 Å². The lowest BCUT2D eigenvalue weighted by Crippen LogP contribution is -2.30. The molecule has 0 aliphatic carbocycles. The van der Waals surface area contributed by atoms with Crippen molar-refractivity contribution < 1.29 is 18.7 Å². The van der Waals surface area contributed by atoms with Gasteiger partial charge in [-0.2, -0.15) is 0 Å². The molecule has 2 heterocycles. The van der Waals surface area contributed by atoms with Gasteiger partial charge in [0.25, 0.3) is 0 Å². The number of hydrogen-bond donors (Lipinski definition) is 0. The minimum atomic E-state index is 0.0131. The van der Waals surface area contributed by atoms with Crippen LogP contribution >= 0.6 is 11.8 Å². The highest BCUT2D eigenvalue weighted by atomic mass is 32.2. The highest BCUT2D eigenvalue weighted by Crippen LogP contribution is 2.30. The Kier molecular flexibility index (Phi) is 7.77. The third kappa shape index (κ3) is 5.51. The van der Waals surface area contributed by atoms with E-state index in [2.05, 4.69) is 10.2 Å². The van der Waals surface area contributed by atoms with E-state index in [1.54, 1.807) is 25.4 Å². The Morgan fingerprint density at radius 2 is 1.83 bits per heavy atom. The standard InChI is InChI=1S/C26H28N4O4S/c1-18-21(13-15-34-18)25-27-28-26(30(25)20-8-6-5-7-9-20)35-17-24(31)29(2)14-12-19-10-11-22(32-3)23(16-19)33-4/h5-11,13,15-16H,12,14,17H2,1-4H3. The first-order valence-corrected chi connectivity index (χ1v) is 12.1. The van der Waals surface area contributed by atoms with E-state index in [0.29, 0.717) is 35.4 Å². The quantitative estimate of drug-likeness (QED) is 0.298. The van der Waals surface area contributed by atoms with E-state index in [-0.39, 0.29) is 11.7 Å². The van der Waals surface area contributed by atoms with Gasteiger partial charge in [0.1, 0.15) is 5.76 Å². The molecule has 4 rings (SSSR count). The number of aromatic nitrogens is 3. The van der Waals surface area contributed by atoms with E-state index in [1.165, 1.54) is 11.8 Å². The van der Waals surface area contributed by atoms with Gasteiger partial charge < -0.3 is 18.8 Å². The van der Waals surface area contributed by atoms with E-state index in [9.17, 15) is 4.79 Å². The van der Waals surface area contributed by atoms with E-state index >= 15 is 0 Å². The minimum absolute atomic E-state index is 0.0131. The van der Waals surface area contributed by atoms with Crippen molar-refractivity contribution in [2.75, 3.05) is 33.6 Å². The van der Waals surface area contributed by atoms with Crippen molar-refractivity contribution in [2.45, 2.75) is 18.5 Å². The summed E-state index contributed by atoms with van der Waals surface area (Å²) in [6, 6.07) is 17.5. The first-order chi connectivity index (χ1) is 17.0. The number of para-hydroxylation sites is 1. The molecule has 0 N–H and O–H groups in total. The fraction of sp³-hybridized carbons (Fsp3) is 0.269. The predicted molar refractivity (Wildman–Crippen MR) is 135 cm³/mol. The molecule has 0 atom stereocenters. The molecule has 0 aliphatic heterocycles. The van der Waals surface area contributed by atoms with Crippen LogP contribution in [0.4, 0.5) is 0 Å². The lowest BCUT2D eigenvalue weighted by molar-refractivity contribution is -0.127. The Morgan fingerprint density at radius 1 is 1.06 bits per heavy atom. The van der Waals surface area contributed by atoms with Crippen LogP contribution in [0.5, 0.6) is 11.5 Å². The van der Waals surface area contributed by atoms with Gasteiger partial charge in [-0.15, -0.1) is 10.2 Å². The van der Waals surface area contributed by atoms with Crippen LogP contribution in [0.15, 0.2) is 70.4 Å². The highest BCUT2D eigenvalue weighted by Gasteiger charge is 2.20. The molecule has 35 heavy (non-hydrogen) atoms. The summed E-state index contributed by atoms with van der Waals surface area (Å²) in [5.74, 6) is 3.07. The van der Waals surface area contributed by atoms with Gasteiger partial charge in [0.05, 0.1) is 31.8 Å². The third-order valence-electron chi connectivity index (χ3n) is 5.68. The lowest BCUT2D eigenvalue weighted by Gasteiger charge is -2.17. The first-order valence-electron chi connectivity index (χ1n) is 11.1. The first kappa shape index (κ1) is 24.4. The number of benzene rings is 2. The number of amides is 1. The van der Waals surface area contributed by atoms with Gasteiger partial charge in [0, 0.05) is 19.3 Å². The molecular formula is C26H28N4O4S. The van der Waals surface area contributed by atoms with Crippen LogP contribution in [0.2, 0.25) is 0 Å². The normalized spacial score (nSPS) is 10.9. The largest absolute Gasteiger partial charge is 0.493 e. The molecule has 0 unspecified atom stereocenters. The van der Waals surface area contributed by atoms with Crippen molar-refractivity contribution >= 4 is 17.7 Å². The SMILES string of the molecule is COc1ccc(CCN(C)C(=O)CSc2nnc(-c3ccoc3C)n2-c2ccccc2)cc1OC. The molecule has 2 aromatic heterocycles. The maximum Gasteiger partial charge on any atom is 0.232 e. The maximum atomic E-state index is 12.9. The van der Waals surface area contributed by atoms with Gasteiger partial charge >= 0.3 is 0 Å². The number of hydrogen-bond acceptors (Lipinski definition) is 7. The number of carbonyl (C=O) groups is 1. The van der Waals surface area contributed by atoms with Gasteiger partial charge in [-0.1, -0.05) is 36.0 Å². The number of likely N-dealkylation sites (N-methyl/N-ethyl adjacent to an activating group) is 1. The molecule has 182 valence electrons. The van der Waals surface area contributed by atoms with Gasteiger partial charge in [0.2, 0.25) is 5.91 Å². The molecule has 0 fully saturated rings. The maximum absolute atomic E-state index is 12.9. The summed E-state index contributed by atoms with van der Waals surface area (Å²) >= 11 is 1.37. The molecule has 0 spiro atoms. The summed E-state index contributed by atoms with van der Waals surface area (Å²) in [6.45, 7) is 2.47. The second kappa shape index (κ2) is 11.1. The zero-order valence-corrected chi connectivity index (χ0v) is 21.0. The number of methoxy groups -OCH3 is 2. The van der Waals surface area contributed by atoms with Gasteiger partial charge in [-0.3, -0.25) is 9.36 Å². The molecular weight excluding hydrogens is 464 g/mol. The summed E-state index contributed by atoms with van der Waals surface area (Å²) in [4.78, 5) is 14.6. The number of furan rings is 1. The Labute approximate surface area is 208 Å². The zero-order chi connectivity index (χ0) is 24.8. The number of carbonyl (C=O) groups excluding carboxylic acids is 1. The van der Waals surface area contributed by atoms with Crippen LogP contribution < -0.4 is 9.47 Å². The highest BCUT2D eigenvalue weighted by molar-refractivity contribution is 7.99. The van der Waals surface area contributed by atoms with Crippen molar-refractivity contribution in [3.8, 4) is 28.6 Å². The molecule has 8 nitrogen and oxygen atoms in total.